The second-order valence-corrected chi connectivity index (χ2v) is 8.20. The third-order valence-corrected chi connectivity index (χ3v) is 5.73. The zero-order valence-corrected chi connectivity index (χ0v) is 17.2. The van der Waals surface area contributed by atoms with E-state index in [1.807, 2.05) is 13.8 Å². The van der Waals surface area contributed by atoms with Crippen LogP contribution in [0.3, 0.4) is 0 Å². The number of carbonyl (C=O) groups excluding carboxylic acids is 3. The van der Waals surface area contributed by atoms with Gasteiger partial charge in [0.05, 0.1) is 6.61 Å². The van der Waals surface area contributed by atoms with Crippen molar-refractivity contribution in [1.29, 1.82) is 0 Å². The van der Waals surface area contributed by atoms with Gasteiger partial charge in [-0.05, 0) is 44.4 Å². The van der Waals surface area contributed by atoms with Gasteiger partial charge in [0.15, 0.2) is 0 Å². The van der Waals surface area contributed by atoms with Crippen LogP contribution in [-0.4, -0.2) is 66.5 Å². The summed E-state index contributed by atoms with van der Waals surface area (Å²) >= 11 is 0. The van der Waals surface area contributed by atoms with E-state index in [9.17, 15) is 14.4 Å². The monoisotopic (exact) mass is 381 g/mol. The molecular formula is C20H35N3O4. The number of carbonyl (C=O) groups is 3. The highest BCUT2D eigenvalue weighted by molar-refractivity contribution is 5.89. The van der Waals surface area contributed by atoms with Gasteiger partial charge in [-0.1, -0.05) is 20.8 Å². The van der Waals surface area contributed by atoms with Crippen LogP contribution in [0.5, 0.6) is 0 Å². The lowest BCUT2D eigenvalue weighted by Gasteiger charge is -2.37. The maximum Gasteiger partial charge on any atom is 0.409 e. The molecule has 1 heterocycles. The first-order valence-electron chi connectivity index (χ1n) is 10.3. The fourth-order valence-corrected chi connectivity index (χ4v) is 3.83. The summed E-state index contributed by atoms with van der Waals surface area (Å²) in [6.45, 7) is 10.1. The number of nitrogens with zero attached hydrogens (tertiary/aromatic N) is 2. The Kier molecular flexibility index (Phi) is 7.92. The Morgan fingerprint density at radius 2 is 1.56 bits per heavy atom. The lowest BCUT2D eigenvalue weighted by molar-refractivity contribution is -0.140. The first-order chi connectivity index (χ1) is 12.8. The molecule has 0 aromatic rings. The molecule has 0 aromatic carbocycles. The van der Waals surface area contributed by atoms with Gasteiger partial charge in [0, 0.05) is 32.1 Å². The summed E-state index contributed by atoms with van der Waals surface area (Å²) < 4.78 is 5.02. The summed E-state index contributed by atoms with van der Waals surface area (Å²) in [5.74, 6) is 0.695. The molecule has 27 heavy (non-hydrogen) atoms. The van der Waals surface area contributed by atoms with Crippen molar-refractivity contribution in [2.75, 3.05) is 32.8 Å². The van der Waals surface area contributed by atoms with Gasteiger partial charge in [0.25, 0.3) is 0 Å². The lowest BCUT2D eigenvalue weighted by Crippen LogP contribution is -2.57. The molecule has 1 N–H and O–H groups in total. The second-order valence-electron chi connectivity index (χ2n) is 8.20. The molecule has 1 atom stereocenters. The topological polar surface area (TPSA) is 79.0 Å². The lowest BCUT2D eigenvalue weighted by atomic mass is 9.82. The molecule has 1 aliphatic heterocycles. The average molecular weight is 382 g/mol. The molecule has 3 amide bonds. The van der Waals surface area contributed by atoms with Gasteiger partial charge in [0.2, 0.25) is 11.8 Å². The van der Waals surface area contributed by atoms with Crippen molar-refractivity contribution in [1.82, 2.24) is 15.1 Å². The zero-order chi connectivity index (χ0) is 20.0. The summed E-state index contributed by atoms with van der Waals surface area (Å²) in [7, 11) is 0. The highest BCUT2D eigenvalue weighted by Gasteiger charge is 2.34. The van der Waals surface area contributed by atoms with Crippen LogP contribution in [0.2, 0.25) is 0 Å². The van der Waals surface area contributed by atoms with Crippen molar-refractivity contribution in [2.24, 2.45) is 17.8 Å². The van der Waals surface area contributed by atoms with Crippen LogP contribution in [0.25, 0.3) is 0 Å². The van der Waals surface area contributed by atoms with Gasteiger partial charge >= 0.3 is 6.09 Å². The minimum Gasteiger partial charge on any atom is -0.450 e. The highest BCUT2D eigenvalue weighted by Crippen LogP contribution is 2.28. The molecule has 1 saturated heterocycles. The van der Waals surface area contributed by atoms with E-state index in [-0.39, 0.29) is 29.7 Å². The van der Waals surface area contributed by atoms with Crippen LogP contribution in [0.1, 0.15) is 53.4 Å². The van der Waals surface area contributed by atoms with Gasteiger partial charge in [-0.3, -0.25) is 9.59 Å². The SMILES string of the molecule is CCOC(=O)N1CCN(C(=O)[C@@H](NC(=O)C2CCC(C)CC2)C(C)C)CC1. The number of piperazine rings is 1. The van der Waals surface area contributed by atoms with Crippen LogP contribution in [0.4, 0.5) is 4.79 Å². The molecule has 2 aliphatic rings. The van der Waals surface area contributed by atoms with Crippen LogP contribution < -0.4 is 5.32 Å². The Balaban J connectivity index is 1.89. The first-order valence-corrected chi connectivity index (χ1v) is 10.3. The Morgan fingerprint density at radius 3 is 2.07 bits per heavy atom. The predicted octanol–water partition coefficient (Wildman–Crippen LogP) is 2.25. The van der Waals surface area contributed by atoms with Gasteiger partial charge in [-0.2, -0.15) is 0 Å². The molecule has 2 rings (SSSR count). The molecule has 154 valence electrons. The van der Waals surface area contributed by atoms with E-state index < -0.39 is 6.04 Å². The van der Waals surface area contributed by atoms with Crippen LogP contribution in [0.15, 0.2) is 0 Å². The molecule has 0 spiro atoms. The van der Waals surface area contributed by atoms with Crippen LogP contribution in [-0.2, 0) is 14.3 Å². The van der Waals surface area contributed by atoms with E-state index >= 15 is 0 Å². The van der Waals surface area contributed by atoms with Gasteiger partial charge < -0.3 is 19.9 Å². The molecule has 0 bridgehead atoms. The maximum absolute atomic E-state index is 13.0. The van der Waals surface area contributed by atoms with Crippen molar-refractivity contribution in [3.8, 4) is 0 Å². The van der Waals surface area contributed by atoms with E-state index in [0.29, 0.717) is 38.7 Å². The summed E-state index contributed by atoms with van der Waals surface area (Å²) in [5.41, 5.74) is 0. The summed E-state index contributed by atoms with van der Waals surface area (Å²) in [5, 5.41) is 3.02. The maximum atomic E-state index is 13.0. The largest absolute Gasteiger partial charge is 0.450 e. The Hall–Kier alpha value is -1.79. The number of amides is 3. The first kappa shape index (κ1) is 21.5. The van der Waals surface area contributed by atoms with E-state index in [1.165, 1.54) is 0 Å². The van der Waals surface area contributed by atoms with E-state index in [0.717, 1.165) is 25.7 Å². The quantitative estimate of drug-likeness (QED) is 0.792. The van der Waals surface area contributed by atoms with Crippen molar-refractivity contribution >= 4 is 17.9 Å². The third kappa shape index (κ3) is 5.84. The smallest absolute Gasteiger partial charge is 0.409 e. The van der Waals surface area contributed by atoms with Crippen molar-refractivity contribution in [3.63, 3.8) is 0 Å². The summed E-state index contributed by atoms with van der Waals surface area (Å²) in [6.07, 6.45) is 3.64. The van der Waals surface area contributed by atoms with Gasteiger partial charge in [-0.15, -0.1) is 0 Å². The molecule has 1 saturated carbocycles. The molecule has 7 heteroatoms. The number of nitrogens with one attached hydrogen (secondary N) is 1. The number of hydrogen-bond donors (Lipinski definition) is 1. The molecule has 2 fully saturated rings. The fourth-order valence-electron chi connectivity index (χ4n) is 3.83. The van der Waals surface area contributed by atoms with Crippen LogP contribution in [0, 0.1) is 17.8 Å². The van der Waals surface area contributed by atoms with E-state index in [2.05, 4.69) is 12.2 Å². The molecular weight excluding hydrogens is 346 g/mol. The number of hydrogen-bond acceptors (Lipinski definition) is 4. The second kappa shape index (κ2) is 9.95. The van der Waals surface area contributed by atoms with Crippen molar-refractivity contribution < 1.29 is 19.1 Å². The van der Waals surface area contributed by atoms with Crippen molar-refractivity contribution in [2.45, 2.75) is 59.4 Å². The summed E-state index contributed by atoms with van der Waals surface area (Å²) in [4.78, 5) is 40.8. The molecule has 7 nitrogen and oxygen atoms in total. The van der Waals surface area contributed by atoms with Gasteiger partial charge in [0.1, 0.15) is 6.04 Å². The van der Waals surface area contributed by atoms with E-state index in [1.54, 1.807) is 16.7 Å². The molecule has 0 radical (unpaired) electrons. The standard InChI is InChI=1S/C20H35N3O4/c1-5-27-20(26)23-12-10-22(11-13-23)19(25)17(14(2)3)21-18(24)16-8-6-15(4)7-9-16/h14-17H,5-13H2,1-4H3,(H,21,24)/t15?,16?,17-/m0/s1. The fraction of sp³-hybridized carbons (Fsp3) is 0.850. The molecule has 0 aromatic heterocycles. The van der Waals surface area contributed by atoms with Crippen LogP contribution >= 0.6 is 0 Å². The number of rotatable bonds is 5. The minimum absolute atomic E-state index is 0.0131. The Bertz CT molecular complexity index is 521. The third-order valence-electron chi connectivity index (χ3n) is 5.73. The predicted molar refractivity (Wildman–Crippen MR) is 103 cm³/mol. The highest BCUT2D eigenvalue weighted by atomic mass is 16.6. The van der Waals surface area contributed by atoms with Crippen molar-refractivity contribution in [3.05, 3.63) is 0 Å². The Morgan fingerprint density at radius 1 is 1.00 bits per heavy atom. The zero-order valence-electron chi connectivity index (χ0n) is 17.2. The summed E-state index contributed by atoms with van der Waals surface area (Å²) in [6, 6.07) is -0.508. The van der Waals surface area contributed by atoms with Gasteiger partial charge in [-0.25, -0.2) is 4.79 Å². The van der Waals surface area contributed by atoms with E-state index in [4.69, 9.17) is 4.74 Å². The normalized spacial score (nSPS) is 24.5. The Labute approximate surface area is 162 Å². The molecule has 1 aliphatic carbocycles. The molecule has 0 unspecified atom stereocenters. The average Bonchev–Trinajstić information content (AvgIpc) is 2.66. The minimum atomic E-state index is -0.508. The number of ether oxygens (including phenoxy) is 1.